The zero-order chi connectivity index (χ0) is 12.8. The lowest BCUT2D eigenvalue weighted by Crippen LogP contribution is -2.01. The highest BCUT2D eigenvalue weighted by atomic mass is 15.0. The molecule has 0 aliphatic heterocycles. The van der Waals surface area contributed by atoms with E-state index in [0.29, 0.717) is 11.4 Å². The van der Waals surface area contributed by atoms with Crippen molar-refractivity contribution in [2.75, 3.05) is 5.73 Å². The zero-order valence-electron chi connectivity index (χ0n) is 9.94. The topological polar surface area (TPSA) is 64.2 Å². The zero-order valence-corrected chi connectivity index (χ0v) is 9.94. The number of nitrogens with zero attached hydrogens (tertiary/aromatic N) is 3. The second-order valence-electron chi connectivity index (χ2n) is 3.50. The van der Waals surface area contributed by atoms with Gasteiger partial charge in [-0.1, -0.05) is 18.6 Å². The lowest BCUT2D eigenvalue weighted by atomic mass is 10.2. The Kier molecular flexibility index (Phi) is 4.18. The average molecular weight is 226 g/mol. The molecule has 4 heteroatoms. The molecule has 0 bridgehead atoms. The van der Waals surface area contributed by atoms with Gasteiger partial charge in [0, 0.05) is 12.3 Å². The molecule has 0 saturated heterocycles. The maximum atomic E-state index is 5.59. The number of nitrogen functional groups attached to an aromatic ring is 1. The molecule has 1 heterocycles. The van der Waals surface area contributed by atoms with Crippen LogP contribution >= 0.6 is 0 Å². The number of aliphatic imine (C=N–C) groups is 1. The molecule has 0 saturated carbocycles. The molecule has 0 aromatic carbocycles. The van der Waals surface area contributed by atoms with E-state index in [1.807, 2.05) is 13.8 Å². The first-order valence-electron chi connectivity index (χ1n) is 5.02. The number of allylic oxidation sites excluding steroid dienone is 2. The molecule has 0 radical (unpaired) electrons. The van der Waals surface area contributed by atoms with Crippen molar-refractivity contribution in [1.29, 1.82) is 0 Å². The third-order valence-corrected chi connectivity index (χ3v) is 1.92. The van der Waals surface area contributed by atoms with Crippen LogP contribution < -0.4 is 5.73 Å². The van der Waals surface area contributed by atoms with Gasteiger partial charge in [0.1, 0.15) is 5.69 Å². The summed E-state index contributed by atoms with van der Waals surface area (Å²) < 4.78 is 0. The number of nitrogens with two attached hydrogens (primary N) is 1. The Bertz CT molecular complexity index is 529. The van der Waals surface area contributed by atoms with Crippen molar-refractivity contribution in [1.82, 2.24) is 9.97 Å². The summed E-state index contributed by atoms with van der Waals surface area (Å²) in [6, 6.07) is 1.68. The number of aromatic nitrogens is 2. The van der Waals surface area contributed by atoms with Gasteiger partial charge in [-0.2, -0.15) is 0 Å². The molecule has 0 atom stereocenters. The van der Waals surface area contributed by atoms with Gasteiger partial charge in [0.15, 0.2) is 0 Å². The second-order valence-corrected chi connectivity index (χ2v) is 3.50. The Labute approximate surface area is 101 Å². The maximum absolute atomic E-state index is 5.59. The van der Waals surface area contributed by atoms with Crippen LogP contribution in [0.4, 0.5) is 5.95 Å². The smallest absolute Gasteiger partial charge is 0.221 e. The lowest BCUT2D eigenvalue weighted by Gasteiger charge is -2.05. The van der Waals surface area contributed by atoms with E-state index >= 15 is 0 Å². The van der Waals surface area contributed by atoms with E-state index in [1.165, 1.54) is 0 Å². The highest BCUT2D eigenvalue weighted by Gasteiger charge is 2.06. The van der Waals surface area contributed by atoms with Gasteiger partial charge in [-0.3, -0.25) is 4.99 Å². The number of anilines is 1. The van der Waals surface area contributed by atoms with Crippen LogP contribution in [0, 0.1) is 12.3 Å². The van der Waals surface area contributed by atoms with Crippen molar-refractivity contribution < 1.29 is 0 Å². The molecule has 4 nitrogen and oxygen atoms in total. The van der Waals surface area contributed by atoms with Crippen molar-refractivity contribution in [2.45, 2.75) is 13.8 Å². The van der Waals surface area contributed by atoms with Crippen molar-refractivity contribution in [3.8, 4) is 12.3 Å². The minimum absolute atomic E-state index is 0.142. The molecule has 1 aromatic rings. The fourth-order valence-electron chi connectivity index (χ4n) is 1.24. The molecule has 0 aliphatic carbocycles. The van der Waals surface area contributed by atoms with E-state index in [4.69, 9.17) is 12.2 Å². The predicted molar refractivity (Wildman–Crippen MR) is 71.3 cm³/mol. The fourth-order valence-corrected chi connectivity index (χ4v) is 1.24. The van der Waals surface area contributed by atoms with Crippen molar-refractivity contribution in [2.24, 2.45) is 4.99 Å². The number of hydrogen-bond donors (Lipinski definition) is 1. The van der Waals surface area contributed by atoms with Gasteiger partial charge in [-0.25, -0.2) is 9.97 Å². The monoisotopic (exact) mass is 226 g/mol. The number of rotatable bonds is 3. The molecule has 17 heavy (non-hydrogen) atoms. The number of hydrogen-bond acceptors (Lipinski definition) is 4. The molecule has 1 aromatic heterocycles. The van der Waals surface area contributed by atoms with Crippen LogP contribution in [0.2, 0.25) is 0 Å². The Hall–Kier alpha value is -2.41. The van der Waals surface area contributed by atoms with Crippen molar-refractivity contribution >= 4 is 17.9 Å². The first-order valence-corrected chi connectivity index (χ1v) is 5.02. The Balaban J connectivity index is 3.35. The molecular formula is C13H14N4. The summed E-state index contributed by atoms with van der Waals surface area (Å²) in [6.07, 6.45) is 8.48. The van der Waals surface area contributed by atoms with Crippen LogP contribution in [-0.4, -0.2) is 16.2 Å². The van der Waals surface area contributed by atoms with E-state index in [1.54, 1.807) is 18.4 Å². The Morgan fingerprint density at radius 3 is 2.76 bits per heavy atom. The van der Waals surface area contributed by atoms with Gasteiger partial charge in [-0.15, -0.1) is 6.42 Å². The quantitative estimate of drug-likeness (QED) is 0.633. The Morgan fingerprint density at radius 1 is 1.53 bits per heavy atom. The third kappa shape index (κ3) is 3.28. The summed E-state index contributed by atoms with van der Waals surface area (Å²) >= 11 is 0. The van der Waals surface area contributed by atoms with E-state index in [9.17, 15) is 0 Å². The van der Waals surface area contributed by atoms with E-state index in [-0.39, 0.29) is 5.95 Å². The fraction of sp³-hybridized carbons (Fsp3) is 0.154. The van der Waals surface area contributed by atoms with E-state index in [0.717, 1.165) is 11.3 Å². The molecule has 0 fully saturated rings. The summed E-state index contributed by atoms with van der Waals surface area (Å²) in [7, 11) is 0. The molecule has 0 aliphatic rings. The molecule has 0 amide bonds. The third-order valence-electron chi connectivity index (χ3n) is 1.92. The van der Waals surface area contributed by atoms with Crippen LogP contribution in [0.25, 0.3) is 5.70 Å². The predicted octanol–water partition coefficient (Wildman–Crippen LogP) is 2.05. The highest BCUT2D eigenvalue weighted by molar-refractivity contribution is 5.79. The van der Waals surface area contributed by atoms with Crippen LogP contribution in [0.5, 0.6) is 0 Å². The summed E-state index contributed by atoms with van der Waals surface area (Å²) in [5.74, 6) is 2.57. The summed E-state index contributed by atoms with van der Waals surface area (Å²) in [6.45, 7) is 7.44. The largest absolute Gasteiger partial charge is 0.368 e. The SMILES string of the molecule is C#Cc1cc(C(/N=C\C=C)=C(C)C)nc(N)n1. The van der Waals surface area contributed by atoms with Gasteiger partial charge in [0.2, 0.25) is 5.95 Å². The van der Waals surface area contributed by atoms with Gasteiger partial charge in [0.05, 0.1) is 11.4 Å². The average Bonchev–Trinajstić information content (AvgIpc) is 2.28. The van der Waals surface area contributed by atoms with Crippen LogP contribution in [0.1, 0.15) is 25.2 Å². The summed E-state index contributed by atoms with van der Waals surface area (Å²) in [4.78, 5) is 12.3. The van der Waals surface area contributed by atoms with Crippen LogP contribution in [-0.2, 0) is 0 Å². The Morgan fingerprint density at radius 2 is 2.24 bits per heavy atom. The van der Waals surface area contributed by atoms with E-state index < -0.39 is 0 Å². The van der Waals surface area contributed by atoms with Crippen molar-refractivity contribution in [3.63, 3.8) is 0 Å². The second kappa shape index (κ2) is 5.61. The van der Waals surface area contributed by atoms with Crippen LogP contribution in [0.3, 0.4) is 0 Å². The minimum Gasteiger partial charge on any atom is -0.368 e. The highest BCUT2D eigenvalue weighted by Crippen LogP contribution is 2.19. The van der Waals surface area contributed by atoms with E-state index in [2.05, 4.69) is 27.5 Å². The van der Waals surface area contributed by atoms with Gasteiger partial charge >= 0.3 is 0 Å². The molecule has 0 unspecified atom stereocenters. The number of terminal acetylenes is 1. The van der Waals surface area contributed by atoms with Gasteiger partial charge < -0.3 is 5.73 Å². The first-order chi connectivity index (χ1) is 8.08. The normalized spacial score (nSPS) is 9.94. The van der Waals surface area contributed by atoms with Gasteiger partial charge in [-0.05, 0) is 19.4 Å². The molecule has 2 N–H and O–H groups in total. The molecule has 0 spiro atoms. The summed E-state index contributed by atoms with van der Waals surface area (Å²) in [5.41, 5.74) is 8.37. The standard InChI is InChI=1S/C13H14N4/c1-5-7-15-12(9(3)4)11-8-10(6-2)16-13(14)17-11/h2,5,7-8H,1H2,3-4H3,(H2,14,16,17)/b15-7-. The molecular weight excluding hydrogens is 212 g/mol. The van der Waals surface area contributed by atoms with Crippen molar-refractivity contribution in [3.05, 3.63) is 35.7 Å². The molecule has 86 valence electrons. The first kappa shape index (κ1) is 12.7. The minimum atomic E-state index is 0.142. The summed E-state index contributed by atoms with van der Waals surface area (Å²) in [5, 5.41) is 0. The lowest BCUT2D eigenvalue weighted by molar-refractivity contribution is 1.13. The van der Waals surface area contributed by atoms with Gasteiger partial charge in [0.25, 0.3) is 0 Å². The maximum Gasteiger partial charge on any atom is 0.221 e. The molecule has 1 rings (SSSR count). The van der Waals surface area contributed by atoms with Crippen LogP contribution in [0.15, 0.2) is 29.3 Å².